The molecule has 0 aromatic carbocycles. The van der Waals surface area contributed by atoms with Gasteiger partial charge >= 0.3 is 5.97 Å². The molecular formula is C57H105N2O7P. The molecule has 3 unspecified atom stereocenters. The van der Waals surface area contributed by atoms with Gasteiger partial charge in [-0.3, -0.25) is 14.2 Å². The van der Waals surface area contributed by atoms with E-state index in [-0.39, 0.29) is 31.3 Å². The molecule has 0 radical (unpaired) electrons. The molecule has 0 aliphatic carbocycles. The second-order valence-electron chi connectivity index (χ2n) is 19.7. The van der Waals surface area contributed by atoms with Crippen molar-refractivity contribution in [3.8, 4) is 0 Å². The van der Waals surface area contributed by atoms with Crippen molar-refractivity contribution < 1.29 is 37.3 Å². The van der Waals surface area contributed by atoms with E-state index >= 15 is 0 Å². The fourth-order valence-electron chi connectivity index (χ4n) is 7.69. The minimum absolute atomic E-state index is 0.0293. The molecule has 0 aliphatic rings. The van der Waals surface area contributed by atoms with Gasteiger partial charge in [0.1, 0.15) is 19.3 Å². The first-order chi connectivity index (χ1) is 32.4. The Morgan fingerprint density at radius 1 is 0.537 bits per heavy atom. The molecule has 390 valence electrons. The number of hydrogen-bond acceptors (Lipinski definition) is 7. The summed E-state index contributed by atoms with van der Waals surface area (Å²) in [6, 6.07) is -0.902. The zero-order valence-corrected chi connectivity index (χ0v) is 45.2. The van der Waals surface area contributed by atoms with Crippen molar-refractivity contribution in [2.24, 2.45) is 0 Å². The number of rotatable bonds is 49. The molecule has 0 aromatic rings. The summed E-state index contributed by atoms with van der Waals surface area (Å²) in [5, 5.41) is 3.00. The SMILES string of the molecule is CC/C=C/C/C=C/C/C=C/C/C=C/CCCCCC(=O)NC(COP(=O)([O-])OCC[N+](C)(C)C)C(/C=C/CCCCCCCCCCC)OC(=O)CCCCCCCCCCCCCCCC. The van der Waals surface area contributed by atoms with Crippen LogP contribution in [0.3, 0.4) is 0 Å². The Morgan fingerprint density at radius 3 is 1.45 bits per heavy atom. The Labute approximate surface area is 413 Å². The smallest absolute Gasteiger partial charge is 0.306 e. The maximum absolute atomic E-state index is 13.4. The number of hydrogen-bond donors (Lipinski definition) is 1. The lowest BCUT2D eigenvalue weighted by atomic mass is 10.0. The lowest BCUT2D eigenvalue weighted by Gasteiger charge is -2.30. The van der Waals surface area contributed by atoms with Crippen LogP contribution in [0.5, 0.6) is 0 Å². The minimum Gasteiger partial charge on any atom is -0.756 e. The Balaban J connectivity index is 5.41. The van der Waals surface area contributed by atoms with Crippen LogP contribution in [0.4, 0.5) is 0 Å². The van der Waals surface area contributed by atoms with Crippen molar-refractivity contribution in [3.63, 3.8) is 0 Å². The topological polar surface area (TPSA) is 114 Å². The lowest BCUT2D eigenvalue weighted by molar-refractivity contribution is -0.870. The van der Waals surface area contributed by atoms with Crippen LogP contribution in [-0.2, 0) is 27.9 Å². The molecule has 0 saturated carbocycles. The summed E-state index contributed by atoms with van der Waals surface area (Å²) in [5.41, 5.74) is 0. The zero-order chi connectivity index (χ0) is 49.4. The number of phosphoric ester groups is 1. The van der Waals surface area contributed by atoms with Gasteiger partial charge < -0.3 is 28.5 Å². The normalized spacial score (nSPS) is 14.3. The van der Waals surface area contributed by atoms with Crippen LogP contribution in [0.15, 0.2) is 60.8 Å². The van der Waals surface area contributed by atoms with E-state index in [2.05, 4.69) is 74.7 Å². The molecule has 10 heteroatoms. The van der Waals surface area contributed by atoms with Crippen LogP contribution < -0.4 is 10.2 Å². The first-order valence-corrected chi connectivity index (χ1v) is 29.1. The number of esters is 1. The average Bonchev–Trinajstić information content (AvgIpc) is 3.28. The molecule has 3 atom stereocenters. The molecule has 1 amide bonds. The number of quaternary nitrogens is 1. The average molecular weight is 961 g/mol. The summed E-state index contributed by atoms with van der Waals surface area (Å²) >= 11 is 0. The number of nitrogens with one attached hydrogen (secondary N) is 1. The van der Waals surface area contributed by atoms with Gasteiger partial charge in [0.05, 0.1) is 33.8 Å². The van der Waals surface area contributed by atoms with E-state index in [4.69, 9.17) is 13.8 Å². The fourth-order valence-corrected chi connectivity index (χ4v) is 8.41. The molecule has 0 fully saturated rings. The third kappa shape index (κ3) is 48.5. The predicted molar refractivity (Wildman–Crippen MR) is 284 cm³/mol. The highest BCUT2D eigenvalue weighted by Gasteiger charge is 2.27. The number of ether oxygens (including phenoxy) is 1. The number of amides is 1. The largest absolute Gasteiger partial charge is 0.756 e. The van der Waals surface area contributed by atoms with Crippen molar-refractivity contribution in [2.75, 3.05) is 40.9 Å². The molecule has 0 saturated heterocycles. The fraction of sp³-hybridized carbons (Fsp3) is 0.789. The van der Waals surface area contributed by atoms with Crippen molar-refractivity contribution in [3.05, 3.63) is 60.8 Å². The van der Waals surface area contributed by atoms with Crippen LogP contribution in [0.25, 0.3) is 0 Å². The molecule has 0 rings (SSSR count). The van der Waals surface area contributed by atoms with E-state index in [1.165, 1.54) is 116 Å². The highest BCUT2D eigenvalue weighted by Crippen LogP contribution is 2.38. The number of carbonyl (C=O) groups is 2. The number of likely N-dealkylation sites (N-methyl/N-ethyl adjacent to an activating group) is 1. The number of phosphoric acid groups is 1. The number of carbonyl (C=O) groups excluding carboxylic acids is 2. The predicted octanol–water partition coefficient (Wildman–Crippen LogP) is 15.7. The molecule has 0 aliphatic heterocycles. The number of nitrogens with zero attached hydrogens (tertiary/aromatic N) is 1. The Bertz CT molecular complexity index is 1340. The maximum Gasteiger partial charge on any atom is 0.306 e. The van der Waals surface area contributed by atoms with Gasteiger partial charge in [-0.1, -0.05) is 217 Å². The van der Waals surface area contributed by atoms with Crippen molar-refractivity contribution in [1.82, 2.24) is 5.32 Å². The first kappa shape index (κ1) is 64.7. The van der Waals surface area contributed by atoms with E-state index in [0.29, 0.717) is 17.4 Å². The molecule has 0 aromatic heterocycles. The summed E-state index contributed by atoms with van der Waals surface area (Å²) in [7, 11) is 1.16. The van der Waals surface area contributed by atoms with E-state index in [1.54, 1.807) is 0 Å². The van der Waals surface area contributed by atoms with Crippen LogP contribution in [-0.4, -0.2) is 69.4 Å². The number of unbranched alkanes of at least 4 members (excludes halogenated alkanes) is 25. The highest BCUT2D eigenvalue weighted by atomic mass is 31.2. The van der Waals surface area contributed by atoms with Gasteiger partial charge in [-0.25, -0.2) is 0 Å². The standard InChI is InChI=1S/C57H105N2O7P/c1-7-10-13-16-19-22-25-27-29-30-31-34-37-40-43-46-49-56(60)58-54(53-65-67(62,63)64-52-51-59(4,5)6)55(48-45-42-39-36-33-24-21-18-15-12-9-3)66-57(61)50-47-44-41-38-35-32-28-26-23-20-17-14-11-8-2/h10,13,19,22,27,29,31,34,45,48,54-55H,7-9,11-12,14-18,20-21,23-26,28,30,32-33,35-44,46-47,49-53H2,1-6H3,(H-,58,60,62,63)/b13-10+,22-19+,29-27+,34-31+,48-45+. The van der Waals surface area contributed by atoms with E-state index in [1.807, 2.05) is 33.3 Å². The van der Waals surface area contributed by atoms with Crippen molar-refractivity contribution in [2.45, 2.75) is 251 Å². The molecule has 1 N–H and O–H groups in total. The van der Waals surface area contributed by atoms with Gasteiger partial charge in [-0.2, -0.15) is 0 Å². The Kier molecular flexibility index (Phi) is 45.8. The third-order valence-electron chi connectivity index (χ3n) is 12.0. The second-order valence-corrected chi connectivity index (χ2v) is 21.1. The molecule has 0 heterocycles. The maximum atomic E-state index is 13.4. The molecule has 9 nitrogen and oxygen atoms in total. The van der Waals surface area contributed by atoms with Crippen LogP contribution >= 0.6 is 7.82 Å². The Morgan fingerprint density at radius 2 is 0.955 bits per heavy atom. The zero-order valence-electron chi connectivity index (χ0n) is 44.3. The van der Waals surface area contributed by atoms with Gasteiger partial charge in [0.15, 0.2) is 0 Å². The van der Waals surface area contributed by atoms with Gasteiger partial charge in [-0.15, -0.1) is 0 Å². The van der Waals surface area contributed by atoms with Crippen LogP contribution in [0.1, 0.15) is 239 Å². The van der Waals surface area contributed by atoms with Gasteiger partial charge in [-0.05, 0) is 70.3 Å². The third-order valence-corrected chi connectivity index (χ3v) is 12.9. The van der Waals surface area contributed by atoms with E-state index in [0.717, 1.165) is 83.5 Å². The molecule has 0 spiro atoms. The molecule has 0 bridgehead atoms. The van der Waals surface area contributed by atoms with Gasteiger partial charge in [0.2, 0.25) is 5.91 Å². The van der Waals surface area contributed by atoms with E-state index in [9.17, 15) is 19.0 Å². The summed E-state index contributed by atoms with van der Waals surface area (Å²) in [5.74, 6) is -0.576. The Hall–Kier alpha value is -2.29. The minimum atomic E-state index is -4.70. The lowest BCUT2D eigenvalue weighted by Crippen LogP contribution is -2.47. The summed E-state index contributed by atoms with van der Waals surface area (Å²) in [6.07, 6.45) is 57.6. The summed E-state index contributed by atoms with van der Waals surface area (Å²) < 4.78 is 30.1. The summed E-state index contributed by atoms with van der Waals surface area (Å²) in [6.45, 7) is 6.69. The van der Waals surface area contributed by atoms with Crippen LogP contribution in [0.2, 0.25) is 0 Å². The molecule has 67 heavy (non-hydrogen) atoms. The number of allylic oxidation sites excluding steroid dienone is 9. The van der Waals surface area contributed by atoms with Gasteiger partial charge in [0, 0.05) is 12.8 Å². The van der Waals surface area contributed by atoms with Crippen molar-refractivity contribution in [1.29, 1.82) is 0 Å². The van der Waals surface area contributed by atoms with Crippen LogP contribution in [0, 0.1) is 0 Å². The monoisotopic (exact) mass is 961 g/mol. The van der Waals surface area contributed by atoms with Crippen molar-refractivity contribution >= 4 is 19.7 Å². The quantitative estimate of drug-likeness (QED) is 0.0212. The van der Waals surface area contributed by atoms with Gasteiger partial charge in [0.25, 0.3) is 7.82 Å². The van der Waals surface area contributed by atoms with E-state index < -0.39 is 26.6 Å². The second kappa shape index (κ2) is 47.4. The highest BCUT2D eigenvalue weighted by molar-refractivity contribution is 7.45. The molecular weight excluding hydrogens is 856 g/mol. The summed E-state index contributed by atoms with van der Waals surface area (Å²) in [4.78, 5) is 39.7. The first-order valence-electron chi connectivity index (χ1n) is 27.6.